The summed E-state index contributed by atoms with van der Waals surface area (Å²) in [6.45, 7) is -3.72. The third-order valence-corrected chi connectivity index (χ3v) is 16.2. The normalized spacial score (nSPS) is 50.8. The average molecular weight is 1260 g/mol. The van der Waals surface area contributed by atoms with Crippen LogP contribution in [0.4, 0.5) is 0 Å². The summed E-state index contributed by atoms with van der Waals surface area (Å²) >= 11 is 0. The van der Waals surface area contributed by atoms with Crippen molar-refractivity contribution in [2.75, 3.05) is 85.5 Å². The third kappa shape index (κ3) is 15.3. The minimum atomic E-state index is -2.21. The van der Waals surface area contributed by atoms with Gasteiger partial charge in [0.1, 0.15) is 171 Å². The van der Waals surface area contributed by atoms with Crippen LogP contribution in [0.25, 0.3) is 0 Å². The molecule has 21 saturated heterocycles. The first-order chi connectivity index (χ1) is 41.2. The number of aliphatic hydroxyl groups excluding tert-OH is 20. The van der Waals surface area contributed by atoms with Gasteiger partial charge in [0.25, 0.3) is 0 Å². The molecule has 0 unspecified atom stereocenters. The molecule has 0 aromatic rings. The van der Waals surface area contributed by atoms with Gasteiger partial charge in [-0.25, -0.2) is 0 Å². The molecule has 0 aromatic heterocycles. The maximum atomic E-state index is 11.8. The number of aliphatic hydroxyl groups is 20. The molecule has 21 fully saturated rings. The number of ether oxygens (including phenoxy) is 14. The molecule has 0 saturated carbocycles. The molecule has 0 aromatic carbocycles. The summed E-state index contributed by atoms with van der Waals surface area (Å²) < 4.78 is 81.4. The van der Waals surface area contributed by atoms with Crippen LogP contribution in [-0.4, -0.2) is 403 Å². The van der Waals surface area contributed by atoms with Crippen molar-refractivity contribution in [1.29, 1.82) is 0 Å². The van der Waals surface area contributed by atoms with Crippen LogP contribution in [0.1, 0.15) is 0 Å². The zero-order valence-electron chi connectivity index (χ0n) is 46.1. The minimum absolute atomic E-state index is 0.235. The van der Waals surface area contributed by atoms with E-state index in [4.69, 9.17) is 72.0 Å². The average Bonchev–Trinajstić information content (AvgIpc) is 1.50. The van der Waals surface area contributed by atoms with Gasteiger partial charge >= 0.3 is 0 Å². The van der Waals surface area contributed by atoms with Gasteiger partial charge in [0.05, 0.1) is 39.6 Å². The van der Waals surface area contributed by atoms with E-state index in [1.165, 1.54) is 0 Å². The highest BCUT2D eigenvalue weighted by molar-refractivity contribution is 5.02. The van der Waals surface area contributed by atoms with Crippen LogP contribution in [0.5, 0.6) is 0 Å². The Morgan fingerprint density at radius 3 is 0.593 bits per heavy atom. The minimum Gasteiger partial charge on any atom is -0.394 e. The van der Waals surface area contributed by atoms with E-state index in [1.807, 2.05) is 0 Å². The van der Waals surface area contributed by atoms with Gasteiger partial charge in [-0.15, -0.1) is 0 Å². The predicted molar refractivity (Wildman–Crippen MR) is 269 cm³/mol. The maximum Gasteiger partial charge on any atom is 0.187 e. The second kappa shape index (κ2) is 31.9. The van der Waals surface area contributed by atoms with Gasteiger partial charge in [0, 0.05) is 45.8 Å². The molecule has 86 heavy (non-hydrogen) atoms. The molecule has 21 rings (SSSR count). The van der Waals surface area contributed by atoms with Crippen LogP contribution in [0.15, 0.2) is 0 Å². The molecule has 0 amide bonds. The monoisotopic (exact) mass is 1260 g/mol. The topological polar surface area (TPSA) is 596 Å². The van der Waals surface area contributed by atoms with Crippen LogP contribution in [-0.2, 0) is 66.3 Å². The molecule has 38 nitrogen and oxygen atoms in total. The van der Waals surface area contributed by atoms with Crippen molar-refractivity contribution in [1.82, 2.24) is 16.0 Å². The van der Waals surface area contributed by atoms with Gasteiger partial charge in [0.2, 0.25) is 0 Å². The Morgan fingerprint density at radius 2 is 0.395 bits per heavy atom. The van der Waals surface area contributed by atoms with Crippen LogP contribution in [0.2, 0.25) is 0 Å². The number of nitrogens with one attached hydrogen (secondary N) is 3. The Hall–Kier alpha value is -1.52. The van der Waals surface area contributed by atoms with Gasteiger partial charge in [-0.3, -0.25) is 0 Å². The molecule has 0 spiro atoms. The second-order valence-electron chi connectivity index (χ2n) is 22.0. The molecule has 21 aliphatic rings. The largest absolute Gasteiger partial charge is 0.394 e. The Bertz CT molecular complexity index is 2000. The van der Waals surface area contributed by atoms with Crippen molar-refractivity contribution in [3.05, 3.63) is 0 Å². The molecular formula is C48H86N4O34. The van der Waals surface area contributed by atoms with E-state index in [0.29, 0.717) is 32.7 Å². The highest BCUT2D eigenvalue weighted by Gasteiger charge is 2.59. The summed E-state index contributed by atoms with van der Waals surface area (Å²) in [6.07, 6.45) is -69.3. The number of hydrogen-bond acceptors (Lipinski definition) is 38. The molecule has 14 bridgehead atoms. The van der Waals surface area contributed by atoms with Gasteiger partial charge < -0.3 is 190 Å². The first kappa shape index (κ1) is 70.4. The van der Waals surface area contributed by atoms with E-state index in [-0.39, 0.29) is 13.1 Å². The summed E-state index contributed by atoms with van der Waals surface area (Å²) in [5.41, 5.74) is 5.52. The lowest BCUT2D eigenvalue weighted by Crippen LogP contribution is -2.68. The lowest BCUT2D eigenvalue weighted by molar-refractivity contribution is -0.396. The second-order valence-corrected chi connectivity index (χ2v) is 22.0. The maximum absolute atomic E-state index is 11.8. The standard InChI is InChI=1S/C48H86N4O34/c49-1-2-50-3-4-51-5-6-52-7-14-35-21(59)28(66)42(73-14)81-36-15(8-53)75-44(30(68)23(36)61)83-38-17(10-55)77-46(32(70)25(38)63)85-40-19(12-57)79-48(34(72)27(40)65)86-41-20(13-58)78-47(33(71)26(41)64)84-39-18(11-56)76-45(31(69)24(39)62)82-37-16(9-54)74-43(80-35)29(67)22(37)60/h14-48,50-72H,1-13,49H2/t14-,15-,16-,17-,18-,19-,20-,21-,22-,23-,24-,25-,26-,27-,28-,29-,30-,31-,32-,33-,34-,35-,36-,37-,38-,39-,40-,41-,42-,43-,44-,45-,46-,47-,48-/m1/s1. The quantitative estimate of drug-likeness (QED) is 0.0638. The summed E-state index contributed by atoms with van der Waals surface area (Å²) in [5, 5.41) is 233. The van der Waals surface area contributed by atoms with Crippen LogP contribution in [0.3, 0.4) is 0 Å². The smallest absolute Gasteiger partial charge is 0.187 e. The first-order valence-electron chi connectivity index (χ1n) is 28.3. The van der Waals surface area contributed by atoms with Gasteiger partial charge in [-0.05, 0) is 0 Å². The SMILES string of the molecule is NCCNCCNCCNC[C@H]1O[C@@H]2O[C@H]3[C@H](O)[C@@H](O)[C@@H](O[C@H]4[C@H](O)[C@@H](O)[C@@H](O[C@H]5[C@H](O)[C@@H](O)[C@@H](O[C@H]6[C@H](O)[C@@H](O)[C@@H](O[C@H]7[C@H](O)[C@@H](O)[C@@H](O[C@H]8[C@H](O)[C@@H](O)[C@@H](O[C@H]1[C@H](O)[C@H]2O)O[C@@H]8CO)O[C@@H]7CO)O[C@@H]6CO)O[C@@H]5CO)O[C@@H]4CO)O[C@@H]3CO. The predicted octanol–water partition coefficient (Wildman–Crippen LogP) is -16.5. The van der Waals surface area contributed by atoms with Crippen LogP contribution < -0.4 is 21.7 Å². The lowest BCUT2D eigenvalue weighted by atomic mass is 9.95. The van der Waals surface area contributed by atoms with E-state index >= 15 is 0 Å². The fourth-order valence-corrected chi connectivity index (χ4v) is 11.4. The lowest BCUT2D eigenvalue weighted by Gasteiger charge is -2.50. The van der Waals surface area contributed by atoms with Gasteiger partial charge in [-0.2, -0.15) is 0 Å². The Labute approximate surface area is 489 Å². The number of rotatable bonds is 16. The Kier molecular flexibility index (Phi) is 26.1. The third-order valence-electron chi connectivity index (χ3n) is 16.2. The van der Waals surface area contributed by atoms with E-state index < -0.39 is 255 Å². The van der Waals surface area contributed by atoms with Crippen molar-refractivity contribution >= 4 is 0 Å². The zero-order valence-corrected chi connectivity index (χ0v) is 46.1. The molecule has 38 heteroatoms. The van der Waals surface area contributed by atoms with Gasteiger partial charge in [-0.1, -0.05) is 0 Å². The molecule has 35 atom stereocenters. The van der Waals surface area contributed by atoms with E-state index in [1.54, 1.807) is 0 Å². The summed E-state index contributed by atoms with van der Waals surface area (Å²) in [5.74, 6) is 0. The fraction of sp³-hybridized carbons (Fsp3) is 1.00. The molecule has 21 heterocycles. The molecule has 25 N–H and O–H groups in total. The van der Waals surface area contributed by atoms with Crippen molar-refractivity contribution < 1.29 is 168 Å². The summed E-state index contributed by atoms with van der Waals surface area (Å²) in [4.78, 5) is 0. The molecule has 502 valence electrons. The Balaban J connectivity index is 1.08. The summed E-state index contributed by atoms with van der Waals surface area (Å²) in [6, 6.07) is 0. The van der Waals surface area contributed by atoms with Crippen molar-refractivity contribution in [3.63, 3.8) is 0 Å². The van der Waals surface area contributed by atoms with Crippen molar-refractivity contribution in [2.24, 2.45) is 5.73 Å². The van der Waals surface area contributed by atoms with Crippen molar-refractivity contribution in [2.45, 2.75) is 215 Å². The summed E-state index contributed by atoms with van der Waals surface area (Å²) in [7, 11) is 0. The number of nitrogens with two attached hydrogens (primary N) is 1. The fourth-order valence-electron chi connectivity index (χ4n) is 11.4. The Morgan fingerprint density at radius 1 is 0.221 bits per heavy atom. The molecule has 0 radical (unpaired) electrons. The van der Waals surface area contributed by atoms with E-state index in [2.05, 4.69) is 16.0 Å². The molecular weight excluding hydrogens is 1180 g/mol. The first-order valence-corrected chi connectivity index (χ1v) is 28.3. The molecule has 0 aliphatic carbocycles. The molecule has 21 aliphatic heterocycles. The highest BCUT2D eigenvalue weighted by Crippen LogP contribution is 2.39. The van der Waals surface area contributed by atoms with Gasteiger partial charge in [0.15, 0.2) is 44.0 Å². The van der Waals surface area contributed by atoms with Crippen LogP contribution in [0, 0.1) is 0 Å². The highest BCUT2D eigenvalue weighted by atomic mass is 16.8. The van der Waals surface area contributed by atoms with Crippen LogP contribution >= 0.6 is 0 Å². The van der Waals surface area contributed by atoms with E-state index in [9.17, 15) is 102 Å². The van der Waals surface area contributed by atoms with E-state index in [0.717, 1.165) is 0 Å². The number of hydrogen-bond donors (Lipinski definition) is 24. The van der Waals surface area contributed by atoms with Crippen molar-refractivity contribution in [3.8, 4) is 0 Å². The zero-order chi connectivity index (χ0) is 62.4.